The highest BCUT2D eigenvalue weighted by atomic mass is 16.8. The van der Waals surface area contributed by atoms with Crippen LogP contribution >= 0.6 is 0 Å². The number of nitrogens with two attached hydrogens (primary N) is 3. The van der Waals surface area contributed by atoms with Crippen molar-refractivity contribution in [1.29, 1.82) is 0 Å². The summed E-state index contributed by atoms with van der Waals surface area (Å²) in [6, 6.07) is 3.22. The molecule has 0 spiro atoms. The molecule has 3 aliphatic rings. The molecule has 244 valence electrons. The lowest BCUT2D eigenvalue weighted by Crippen LogP contribution is -2.72. The van der Waals surface area contributed by atoms with E-state index in [-0.39, 0.29) is 5.56 Å². The van der Waals surface area contributed by atoms with E-state index in [2.05, 4.69) is 0 Å². The van der Waals surface area contributed by atoms with Gasteiger partial charge in [-0.15, -0.1) is 0 Å². The highest BCUT2D eigenvalue weighted by molar-refractivity contribution is 5.89. The zero-order valence-electron chi connectivity index (χ0n) is 22.8. The van der Waals surface area contributed by atoms with Crippen molar-refractivity contribution in [2.45, 2.75) is 91.6 Å². The molecule has 43 heavy (non-hydrogen) atoms. The first-order valence-electron chi connectivity index (χ1n) is 13.5. The van der Waals surface area contributed by atoms with Gasteiger partial charge in [0.15, 0.2) is 18.9 Å². The molecule has 1 aromatic rings. The van der Waals surface area contributed by atoms with Crippen molar-refractivity contribution in [3.63, 3.8) is 0 Å². The maximum atomic E-state index is 12.7. The van der Waals surface area contributed by atoms with E-state index < -0.39 is 117 Å². The number of carbonyl (C=O) groups excluding carboxylic acids is 1. The summed E-state index contributed by atoms with van der Waals surface area (Å²) in [4.78, 5) is 12.7. The molecule has 1 aromatic carbocycles. The highest BCUT2D eigenvalue weighted by Gasteiger charge is 2.58. The van der Waals surface area contributed by atoms with Crippen LogP contribution in [-0.2, 0) is 28.4 Å². The van der Waals surface area contributed by atoms with Crippen molar-refractivity contribution in [2.75, 3.05) is 19.8 Å². The minimum atomic E-state index is -2.56. The second kappa shape index (κ2) is 14.0. The molecule has 0 aliphatic carbocycles. The summed E-state index contributed by atoms with van der Waals surface area (Å²) in [5.41, 5.74) is 17.9. The maximum Gasteiger partial charge on any atom is 0.340 e. The van der Waals surface area contributed by atoms with Gasteiger partial charge < -0.3 is 86.5 Å². The molecule has 3 heterocycles. The number of benzene rings is 1. The zero-order chi connectivity index (χ0) is 31.6. The smallest absolute Gasteiger partial charge is 0.340 e. The van der Waals surface area contributed by atoms with E-state index in [1.165, 1.54) is 12.1 Å². The van der Waals surface area contributed by atoms with Crippen molar-refractivity contribution >= 4 is 5.97 Å². The molecule has 0 aromatic heterocycles. The first-order chi connectivity index (χ1) is 20.4. The Labute approximate surface area is 245 Å². The minimum Gasteiger partial charge on any atom is -0.424 e. The monoisotopic (exact) mass is 621 g/mol. The molecule has 18 heteroatoms. The molecule has 0 bridgehead atoms. The average Bonchev–Trinajstić information content (AvgIpc) is 3.01. The van der Waals surface area contributed by atoms with E-state index in [9.17, 15) is 45.6 Å². The molecular weight excluding hydrogens is 582 g/mol. The van der Waals surface area contributed by atoms with Crippen LogP contribution in [0.5, 0.6) is 0 Å². The van der Waals surface area contributed by atoms with Crippen molar-refractivity contribution in [3.05, 3.63) is 35.9 Å². The molecule has 3 saturated heterocycles. The zero-order valence-corrected chi connectivity index (χ0v) is 22.8. The summed E-state index contributed by atoms with van der Waals surface area (Å²) in [5, 5.41) is 82.6. The van der Waals surface area contributed by atoms with Gasteiger partial charge in [-0.05, 0) is 12.1 Å². The number of ether oxygens (including phenoxy) is 6. The standard InChI is InChI=1S/C25H39N3O15/c26-12-15(32)18(10(6-29)38-22(12)37)40-23-13(27)16(33)19(11(7-30)39-23)41-24-14(28)17(34)20(35)25(8-31,43-24)42-21(36)9-4-2-1-3-5-9/h1-5,10-20,22-24,29-35,37H,6-8,26-28H2/t10-,11-,12-,13-,14-,15-,16-,17-,18?,19?,20+,22-,23+,24+,25+/m1/s1. The van der Waals surface area contributed by atoms with Gasteiger partial charge in [0.1, 0.15) is 55.4 Å². The van der Waals surface area contributed by atoms with Crippen LogP contribution in [0.2, 0.25) is 0 Å². The van der Waals surface area contributed by atoms with E-state index in [0.29, 0.717) is 0 Å². The van der Waals surface area contributed by atoms with Crippen molar-refractivity contribution in [2.24, 2.45) is 17.2 Å². The quantitative estimate of drug-likeness (QED) is 0.114. The first kappa shape index (κ1) is 33.9. The third kappa shape index (κ3) is 6.70. The van der Waals surface area contributed by atoms with Crippen LogP contribution in [-0.4, -0.2) is 158 Å². The molecule has 2 unspecified atom stereocenters. The fraction of sp³-hybridized carbons (Fsp3) is 0.720. The fourth-order valence-electron chi connectivity index (χ4n) is 5.09. The van der Waals surface area contributed by atoms with Crippen LogP contribution in [0.1, 0.15) is 10.4 Å². The normalized spacial score (nSPS) is 45.5. The van der Waals surface area contributed by atoms with Gasteiger partial charge in [0.2, 0.25) is 0 Å². The molecule has 0 amide bonds. The summed E-state index contributed by atoms with van der Waals surface area (Å²) in [5.74, 6) is -3.58. The van der Waals surface area contributed by atoms with Crippen LogP contribution in [0.15, 0.2) is 30.3 Å². The lowest BCUT2D eigenvalue weighted by molar-refractivity contribution is -0.396. The fourth-order valence-corrected chi connectivity index (χ4v) is 5.09. The Balaban J connectivity index is 1.51. The van der Waals surface area contributed by atoms with Crippen LogP contribution < -0.4 is 17.2 Å². The number of esters is 1. The van der Waals surface area contributed by atoms with Gasteiger partial charge in [-0.3, -0.25) is 0 Å². The summed E-state index contributed by atoms with van der Waals surface area (Å²) in [7, 11) is 0. The Kier molecular flexibility index (Phi) is 11.0. The summed E-state index contributed by atoms with van der Waals surface area (Å²) in [6.45, 7) is -2.65. The van der Waals surface area contributed by atoms with Gasteiger partial charge >= 0.3 is 5.97 Å². The minimum absolute atomic E-state index is 0.0359. The third-order valence-corrected chi connectivity index (χ3v) is 7.70. The predicted molar refractivity (Wildman–Crippen MR) is 138 cm³/mol. The van der Waals surface area contributed by atoms with E-state index in [1.807, 2.05) is 0 Å². The summed E-state index contributed by atoms with van der Waals surface area (Å²) in [6.07, 6.45) is -17.7. The van der Waals surface area contributed by atoms with E-state index in [1.54, 1.807) is 18.2 Å². The second-order valence-electron chi connectivity index (χ2n) is 10.5. The van der Waals surface area contributed by atoms with Gasteiger partial charge in [0.25, 0.3) is 5.79 Å². The number of hydrogen-bond acceptors (Lipinski definition) is 18. The van der Waals surface area contributed by atoms with Crippen LogP contribution in [0, 0.1) is 0 Å². The topological polar surface area (TPSA) is 312 Å². The molecule has 3 aliphatic heterocycles. The lowest BCUT2D eigenvalue weighted by atomic mass is 9.93. The van der Waals surface area contributed by atoms with Gasteiger partial charge in [-0.2, -0.15) is 0 Å². The lowest BCUT2D eigenvalue weighted by Gasteiger charge is -2.50. The predicted octanol–water partition coefficient (Wildman–Crippen LogP) is -6.49. The van der Waals surface area contributed by atoms with Crippen LogP contribution in [0.4, 0.5) is 0 Å². The Morgan fingerprint density at radius 3 is 1.88 bits per heavy atom. The second-order valence-corrected chi connectivity index (χ2v) is 10.5. The van der Waals surface area contributed by atoms with E-state index >= 15 is 0 Å². The first-order valence-corrected chi connectivity index (χ1v) is 13.5. The Hall–Kier alpha value is -1.95. The van der Waals surface area contributed by atoms with Crippen LogP contribution in [0.3, 0.4) is 0 Å². The van der Waals surface area contributed by atoms with Crippen LogP contribution in [0.25, 0.3) is 0 Å². The summed E-state index contributed by atoms with van der Waals surface area (Å²) >= 11 is 0. The van der Waals surface area contributed by atoms with Gasteiger partial charge in [-0.25, -0.2) is 4.79 Å². The molecule has 18 nitrogen and oxygen atoms in total. The Morgan fingerprint density at radius 2 is 1.30 bits per heavy atom. The van der Waals surface area contributed by atoms with Crippen molar-refractivity contribution in [1.82, 2.24) is 0 Å². The SMILES string of the molecule is N[C@H]1[C@@H](OC2[C@@H](CO)O[C@@H](OC3[C@@H](CO)O[C@@H](O)[C@H](N)[C@H]3O)[C@H](N)[C@H]2O)O[C@](CO)(OC(=O)c2ccccc2)[C@@H](O)[C@@H]1O. The molecule has 3 fully saturated rings. The Bertz CT molecular complexity index is 1060. The van der Waals surface area contributed by atoms with Crippen molar-refractivity contribution in [3.8, 4) is 0 Å². The molecule has 14 N–H and O–H groups in total. The number of hydrogen-bond donors (Lipinski definition) is 11. The number of carbonyl (C=O) groups is 1. The highest BCUT2D eigenvalue weighted by Crippen LogP contribution is 2.35. The molecule has 15 atom stereocenters. The van der Waals surface area contributed by atoms with Gasteiger partial charge in [0, 0.05) is 0 Å². The molecular formula is C25H39N3O15. The average molecular weight is 622 g/mol. The Morgan fingerprint density at radius 1 is 0.767 bits per heavy atom. The number of aliphatic hydroxyl groups is 8. The van der Waals surface area contributed by atoms with Crippen molar-refractivity contribution < 1.29 is 74.1 Å². The number of rotatable bonds is 9. The summed E-state index contributed by atoms with van der Waals surface area (Å²) < 4.78 is 33.2. The van der Waals surface area contributed by atoms with Gasteiger partial charge in [-0.1, -0.05) is 18.2 Å². The number of aliphatic hydroxyl groups excluding tert-OH is 8. The maximum absolute atomic E-state index is 12.7. The molecule has 0 saturated carbocycles. The van der Waals surface area contributed by atoms with Gasteiger partial charge in [0.05, 0.1) is 36.9 Å². The van der Waals surface area contributed by atoms with E-state index in [4.69, 9.17) is 45.6 Å². The molecule has 0 radical (unpaired) electrons. The third-order valence-electron chi connectivity index (χ3n) is 7.70. The molecule has 4 rings (SSSR count). The van der Waals surface area contributed by atoms with E-state index in [0.717, 1.165) is 0 Å². The largest absolute Gasteiger partial charge is 0.424 e.